The van der Waals surface area contributed by atoms with Crippen molar-refractivity contribution in [3.63, 3.8) is 0 Å². The van der Waals surface area contributed by atoms with Gasteiger partial charge in [0.25, 0.3) is 5.91 Å². The standard InChI is InChI=1S/C27H34FN3O4/c1-27(2,3)35-26(34)30-21(16-20-12-7-8-14-23(20)28)17-24(32)31-15-9-13-22(31)18-29-25(33)19-10-5-4-6-11-19/h4-8,10-12,14,21-22H,9,13,15-18H2,1-3H3,(H,29,33)(H,30,34)/t21-,22+/m1/s1. The van der Waals surface area contributed by atoms with Gasteiger partial charge in [-0.25, -0.2) is 9.18 Å². The van der Waals surface area contributed by atoms with Crippen LogP contribution in [0.5, 0.6) is 0 Å². The Morgan fingerprint density at radius 2 is 1.77 bits per heavy atom. The molecule has 2 aromatic carbocycles. The minimum Gasteiger partial charge on any atom is -0.444 e. The van der Waals surface area contributed by atoms with Gasteiger partial charge in [-0.2, -0.15) is 0 Å². The topological polar surface area (TPSA) is 87.7 Å². The summed E-state index contributed by atoms with van der Waals surface area (Å²) in [5.74, 6) is -0.730. The molecule has 0 bridgehead atoms. The number of benzene rings is 2. The van der Waals surface area contributed by atoms with Crippen molar-refractivity contribution in [1.29, 1.82) is 0 Å². The Morgan fingerprint density at radius 3 is 2.46 bits per heavy atom. The summed E-state index contributed by atoms with van der Waals surface area (Å²) in [6.07, 6.45) is 1.10. The molecule has 0 unspecified atom stereocenters. The van der Waals surface area contributed by atoms with Crippen LogP contribution in [0.15, 0.2) is 54.6 Å². The molecule has 0 saturated carbocycles. The van der Waals surface area contributed by atoms with Crippen LogP contribution in [0.2, 0.25) is 0 Å². The van der Waals surface area contributed by atoms with Gasteiger partial charge in [0, 0.05) is 37.2 Å². The van der Waals surface area contributed by atoms with Crippen molar-refractivity contribution in [1.82, 2.24) is 15.5 Å². The number of rotatable bonds is 8. The number of nitrogens with zero attached hydrogens (tertiary/aromatic N) is 1. The molecular formula is C27H34FN3O4. The van der Waals surface area contributed by atoms with Crippen molar-refractivity contribution in [2.45, 2.75) is 64.1 Å². The normalized spacial score (nSPS) is 16.5. The monoisotopic (exact) mass is 483 g/mol. The van der Waals surface area contributed by atoms with Crippen molar-refractivity contribution < 1.29 is 23.5 Å². The van der Waals surface area contributed by atoms with E-state index in [9.17, 15) is 18.8 Å². The smallest absolute Gasteiger partial charge is 0.407 e. The third-order valence-electron chi connectivity index (χ3n) is 5.80. The summed E-state index contributed by atoms with van der Waals surface area (Å²) < 4.78 is 19.7. The quantitative estimate of drug-likeness (QED) is 0.593. The molecule has 0 radical (unpaired) electrons. The van der Waals surface area contributed by atoms with Gasteiger partial charge in [0.05, 0.1) is 0 Å². The molecule has 0 aromatic heterocycles. The van der Waals surface area contributed by atoms with Gasteiger partial charge in [-0.05, 0) is 63.8 Å². The highest BCUT2D eigenvalue weighted by atomic mass is 19.1. The Hall–Kier alpha value is -3.42. The molecule has 1 fully saturated rings. The molecule has 0 aliphatic carbocycles. The Labute approximate surface area is 206 Å². The van der Waals surface area contributed by atoms with Crippen LogP contribution in [0.4, 0.5) is 9.18 Å². The first-order valence-electron chi connectivity index (χ1n) is 12.0. The third kappa shape index (κ3) is 8.09. The summed E-state index contributed by atoms with van der Waals surface area (Å²) in [7, 11) is 0. The lowest BCUT2D eigenvalue weighted by Crippen LogP contribution is -2.47. The zero-order chi connectivity index (χ0) is 25.4. The number of alkyl carbamates (subject to hydrolysis) is 1. The van der Waals surface area contributed by atoms with Crippen LogP contribution in [0, 0.1) is 5.82 Å². The van der Waals surface area contributed by atoms with Gasteiger partial charge in [-0.3, -0.25) is 9.59 Å². The number of nitrogens with one attached hydrogen (secondary N) is 2. The fourth-order valence-corrected chi connectivity index (χ4v) is 4.18. The van der Waals surface area contributed by atoms with Crippen molar-refractivity contribution in [2.24, 2.45) is 0 Å². The average Bonchev–Trinajstić information content (AvgIpc) is 3.27. The Bertz CT molecular complexity index is 1020. The van der Waals surface area contributed by atoms with Crippen LogP contribution in [0.3, 0.4) is 0 Å². The second-order valence-corrected chi connectivity index (χ2v) is 9.80. The molecule has 1 saturated heterocycles. The lowest BCUT2D eigenvalue weighted by molar-refractivity contribution is -0.132. The molecule has 7 nitrogen and oxygen atoms in total. The molecule has 3 rings (SSSR count). The van der Waals surface area contributed by atoms with Crippen LogP contribution < -0.4 is 10.6 Å². The highest BCUT2D eigenvalue weighted by molar-refractivity contribution is 5.94. The molecule has 1 aliphatic heterocycles. The highest BCUT2D eigenvalue weighted by Gasteiger charge is 2.31. The number of carbonyl (C=O) groups excluding carboxylic acids is 3. The van der Waals surface area contributed by atoms with Crippen LogP contribution >= 0.6 is 0 Å². The predicted molar refractivity (Wildman–Crippen MR) is 131 cm³/mol. The van der Waals surface area contributed by atoms with Gasteiger partial charge >= 0.3 is 6.09 Å². The minimum atomic E-state index is -0.701. The van der Waals surface area contributed by atoms with Gasteiger partial charge in [0.15, 0.2) is 0 Å². The third-order valence-corrected chi connectivity index (χ3v) is 5.80. The summed E-state index contributed by atoms with van der Waals surface area (Å²) in [6.45, 7) is 6.17. The summed E-state index contributed by atoms with van der Waals surface area (Å²) in [6, 6.07) is 14.5. The Balaban J connectivity index is 1.64. The maximum absolute atomic E-state index is 14.3. The zero-order valence-corrected chi connectivity index (χ0v) is 20.6. The first-order valence-corrected chi connectivity index (χ1v) is 12.0. The van der Waals surface area contributed by atoms with Gasteiger partial charge < -0.3 is 20.3 Å². The molecule has 35 heavy (non-hydrogen) atoms. The summed E-state index contributed by atoms with van der Waals surface area (Å²) in [5.41, 5.74) is 0.275. The minimum absolute atomic E-state index is 0.00327. The van der Waals surface area contributed by atoms with Gasteiger partial charge in [-0.1, -0.05) is 36.4 Å². The number of likely N-dealkylation sites (tertiary alicyclic amines) is 1. The van der Waals surface area contributed by atoms with E-state index < -0.39 is 23.6 Å². The summed E-state index contributed by atoms with van der Waals surface area (Å²) >= 11 is 0. The fraction of sp³-hybridized carbons (Fsp3) is 0.444. The van der Waals surface area contributed by atoms with Gasteiger partial charge in [-0.15, -0.1) is 0 Å². The number of hydrogen-bond donors (Lipinski definition) is 2. The van der Waals surface area contributed by atoms with Crippen molar-refractivity contribution in [3.8, 4) is 0 Å². The molecular weight excluding hydrogens is 449 g/mol. The molecule has 0 spiro atoms. The predicted octanol–water partition coefficient (Wildman–Crippen LogP) is 4.07. The zero-order valence-electron chi connectivity index (χ0n) is 20.6. The van der Waals surface area contributed by atoms with E-state index in [1.807, 2.05) is 6.07 Å². The SMILES string of the molecule is CC(C)(C)OC(=O)N[C@@H](CC(=O)N1CCC[C@H]1CNC(=O)c1ccccc1)Cc1ccccc1F. The van der Waals surface area contributed by atoms with Gasteiger partial charge in [0.1, 0.15) is 11.4 Å². The molecule has 8 heteroatoms. The van der Waals surface area contributed by atoms with Crippen molar-refractivity contribution in [2.75, 3.05) is 13.1 Å². The Morgan fingerprint density at radius 1 is 1.09 bits per heavy atom. The maximum Gasteiger partial charge on any atom is 0.407 e. The van der Waals surface area contributed by atoms with Crippen LogP contribution in [0.25, 0.3) is 0 Å². The molecule has 188 valence electrons. The molecule has 2 aromatic rings. The number of amides is 3. The molecule has 1 heterocycles. The number of hydrogen-bond acceptors (Lipinski definition) is 4. The van der Waals surface area contributed by atoms with Gasteiger partial charge in [0.2, 0.25) is 5.91 Å². The van der Waals surface area contributed by atoms with Crippen molar-refractivity contribution >= 4 is 17.9 Å². The first kappa shape index (κ1) is 26.2. The van der Waals surface area contributed by atoms with E-state index in [0.29, 0.717) is 24.2 Å². The maximum atomic E-state index is 14.3. The van der Waals surface area contributed by atoms with E-state index in [1.165, 1.54) is 6.07 Å². The van der Waals surface area contributed by atoms with Crippen LogP contribution in [0.1, 0.15) is 56.0 Å². The molecule has 3 amide bonds. The van der Waals surface area contributed by atoms with Crippen LogP contribution in [-0.4, -0.2) is 53.6 Å². The first-order chi connectivity index (χ1) is 16.6. The Kier molecular flexibility index (Phi) is 8.84. The fourth-order valence-electron chi connectivity index (χ4n) is 4.18. The number of halogens is 1. The van der Waals surface area contributed by atoms with E-state index in [0.717, 1.165) is 12.8 Å². The van der Waals surface area contributed by atoms with E-state index in [2.05, 4.69) is 10.6 Å². The van der Waals surface area contributed by atoms with E-state index in [4.69, 9.17) is 4.74 Å². The van der Waals surface area contributed by atoms with E-state index >= 15 is 0 Å². The van der Waals surface area contributed by atoms with Crippen molar-refractivity contribution in [3.05, 3.63) is 71.5 Å². The molecule has 2 atom stereocenters. The largest absolute Gasteiger partial charge is 0.444 e. The second-order valence-electron chi connectivity index (χ2n) is 9.80. The molecule has 2 N–H and O–H groups in total. The molecule has 1 aliphatic rings. The van der Waals surface area contributed by atoms with E-state index in [-0.39, 0.29) is 30.7 Å². The number of carbonyl (C=O) groups is 3. The lowest BCUT2D eigenvalue weighted by atomic mass is 10.0. The van der Waals surface area contributed by atoms with Crippen LogP contribution in [-0.2, 0) is 16.0 Å². The lowest BCUT2D eigenvalue weighted by Gasteiger charge is -2.28. The summed E-state index contributed by atoms with van der Waals surface area (Å²) in [4.78, 5) is 39.8. The summed E-state index contributed by atoms with van der Waals surface area (Å²) in [5, 5.41) is 5.66. The second kappa shape index (κ2) is 11.8. The number of ether oxygens (including phenoxy) is 1. The van der Waals surface area contributed by atoms with E-state index in [1.54, 1.807) is 68.1 Å². The average molecular weight is 484 g/mol. The highest BCUT2D eigenvalue weighted by Crippen LogP contribution is 2.20.